The van der Waals surface area contributed by atoms with Gasteiger partial charge in [-0.3, -0.25) is 24.2 Å². The highest BCUT2D eigenvalue weighted by Gasteiger charge is 2.76. The highest BCUT2D eigenvalue weighted by atomic mass is 79.9. The molecule has 10 heteroatoms. The number of halogens is 1. The fraction of sp³-hybridized carbons (Fsp3) is 0.261. The number of carbonyl (C=O) groups excluding carboxylic acids is 4. The Balaban J connectivity index is 1.88. The molecule has 0 saturated carbocycles. The molecule has 2 aromatic carbocycles. The number of imide groups is 2. The zero-order valence-electron chi connectivity index (χ0n) is 18.0. The van der Waals surface area contributed by atoms with E-state index in [1.54, 1.807) is 43.4 Å². The molecule has 2 spiro atoms. The van der Waals surface area contributed by atoms with Crippen LogP contribution in [0.1, 0.15) is 17.0 Å². The summed E-state index contributed by atoms with van der Waals surface area (Å²) in [7, 11) is 4.28. The van der Waals surface area contributed by atoms with Gasteiger partial charge < -0.3 is 10.2 Å². The highest BCUT2D eigenvalue weighted by Crippen LogP contribution is 2.60. The number of barbiturate groups is 1. The summed E-state index contributed by atoms with van der Waals surface area (Å²) < 4.78 is 0.795. The number of urea groups is 1. The number of likely N-dealkylation sites (N-methyl/N-ethyl adjacent to an activating group) is 1. The number of amides is 5. The number of fused-ring (bicyclic) bond motifs is 2. The molecule has 2 aromatic rings. The van der Waals surface area contributed by atoms with Crippen molar-refractivity contribution < 1.29 is 19.2 Å². The van der Waals surface area contributed by atoms with Crippen molar-refractivity contribution in [2.45, 2.75) is 11.5 Å². The van der Waals surface area contributed by atoms with Gasteiger partial charge in [-0.2, -0.15) is 0 Å². The molecule has 3 aliphatic rings. The maximum absolute atomic E-state index is 13.9. The van der Waals surface area contributed by atoms with Crippen LogP contribution in [0.2, 0.25) is 0 Å². The third kappa shape index (κ3) is 2.42. The van der Waals surface area contributed by atoms with E-state index < -0.39 is 34.7 Å². The molecule has 0 bridgehead atoms. The minimum atomic E-state index is -1.96. The molecule has 2 atom stereocenters. The zero-order chi connectivity index (χ0) is 23.9. The predicted octanol–water partition coefficient (Wildman–Crippen LogP) is 2.37. The van der Waals surface area contributed by atoms with Crippen molar-refractivity contribution in [3.05, 3.63) is 64.1 Å². The fourth-order valence-electron chi connectivity index (χ4n) is 5.41. The lowest BCUT2D eigenvalue weighted by atomic mass is 9.63. The van der Waals surface area contributed by atoms with Gasteiger partial charge in [-0.05, 0) is 23.8 Å². The van der Waals surface area contributed by atoms with Crippen LogP contribution in [0.25, 0.3) is 0 Å². The quantitative estimate of drug-likeness (QED) is 0.453. The summed E-state index contributed by atoms with van der Waals surface area (Å²) in [5.74, 6) is -2.86. The number of nitrogens with one attached hydrogen (secondary N) is 1. The SMILES string of the molecule is CN1C(=O)N(C)C(=O)C2(C1=O)C(=S)N[C@]1(C(=O)N(C)c3ccccc31)[C@H]2c1ccc(Br)cc1. The van der Waals surface area contributed by atoms with E-state index >= 15 is 0 Å². The van der Waals surface area contributed by atoms with Crippen LogP contribution in [0.4, 0.5) is 10.5 Å². The number of rotatable bonds is 1. The van der Waals surface area contributed by atoms with Crippen LogP contribution < -0.4 is 10.2 Å². The molecule has 8 nitrogen and oxygen atoms in total. The number of nitrogens with zero attached hydrogens (tertiary/aromatic N) is 3. The van der Waals surface area contributed by atoms with Crippen LogP contribution in [0.5, 0.6) is 0 Å². The first-order valence-corrected chi connectivity index (χ1v) is 11.4. The van der Waals surface area contributed by atoms with Crippen molar-refractivity contribution in [1.29, 1.82) is 0 Å². The third-order valence-electron chi connectivity index (χ3n) is 6.93. The Morgan fingerprint density at radius 1 is 0.848 bits per heavy atom. The topological polar surface area (TPSA) is 90.0 Å². The van der Waals surface area contributed by atoms with Gasteiger partial charge in [0.05, 0.1) is 5.92 Å². The van der Waals surface area contributed by atoms with Crippen LogP contribution in [-0.2, 0) is 19.9 Å². The van der Waals surface area contributed by atoms with Crippen LogP contribution in [0.15, 0.2) is 53.0 Å². The summed E-state index contributed by atoms with van der Waals surface area (Å²) in [6, 6.07) is 13.6. The summed E-state index contributed by atoms with van der Waals surface area (Å²) in [5.41, 5.74) is -1.61. The number of benzene rings is 2. The van der Waals surface area contributed by atoms with E-state index in [1.165, 1.54) is 19.0 Å². The Morgan fingerprint density at radius 2 is 1.42 bits per heavy atom. The molecule has 3 heterocycles. The van der Waals surface area contributed by atoms with Gasteiger partial charge in [0.15, 0.2) is 11.0 Å². The first-order chi connectivity index (χ1) is 15.6. The van der Waals surface area contributed by atoms with Gasteiger partial charge in [-0.15, -0.1) is 0 Å². The molecule has 0 aromatic heterocycles. The molecule has 5 rings (SSSR count). The lowest BCUT2D eigenvalue weighted by Crippen LogP contribution is -2.66. The second kappa shape index (κ2) is 6.94. The Hall–Kier alpha value is -3.11. The van der Waals surface area contributed by atoms with Crippen LogP contribution in [0, 0.1) is 5.41 Å². The van der Waals surface area contributed by atoms with Gasteiger partial charge in [0, 0.05) is 36.9 Å². The molecule has 3 aliphatic heterocycles. The minimum absolute atomic E-state index is 0.0740. The van der Waals surface area contributed by atoms with E-state index in [9.17, 15) is 19.2 Å². The average Bonchev–Trinajstić information content (AvgIpc) is 3.21. The van der Waals surface area contributed by atoms with Gasteiger partial charge in [-0.25, -0.2) is 4.79 Å². The van der Waals surface area contributed by atoms with Gasteiger partial charge in [0.25, 0.3) is 17.7 Å². The molecule has 2 fully saturated rings. The first kappa shape index (κ1) is 21.7. The molecular weight excluding hydrogens is 508 g/mol. The Bertz CT molecular complexity index is 1260. The Labute approximate surface area is 203 Å². The summed E-state index contributed by atoms with van der Waals surface area (Å²) in [6.07, 6.45) is 0. The summed E-state index contributed by atoms with van der Waals surface area (Å²) in [6.45, 7) is 0. The number of para-hydroxylation sites is 1. The lowest BCUT2D eigenvalue weighted by Gasteiger charge is -2.43. The van der Waals surface area contributed by atoms with Gasteiger partial charge in [-0.1, -0.05) is 58.5 Å². The summed E-state index contributed by atoms with van der Waals surface area (Å²) in [5, 5.41) is 3.13. The Kier molecular flexibility index (Phi) is 4.57. The van der Waals surface area contributed by atoms with Crippen molar-refractivity contribution in [2.75, 3.05) is 26.0 Å². The molecule has 0 radical (unpaired) electrons. The molecule has 168 valence electrons. The van der Waals surface area contributed by atoms with E-state index in [-0.39, 0.29) is 10.9 Å². The summed E-state index contributed by atoms with van der Waals surface area (Å²) in [4.78, 5) is 57.4. The molecule has 5 amide bonds. The van der Waals surface area contributed by atoms with E-state index in [0.717, 1.165) is 14.3 Å². The molecule has 1 N–H and O–H groups in total. The van der Waals surface area contributed by atoms with Crippen LogP contribution in [-0.4, -0.2) is 59.7 Å². The molecular formula is C23H19BrN4O4S. The lowest BCUT2D eigenvalue weighted by molar-refractivity contribution is -0.153. The molecule has 2 saturated heterocycles. The van der Waals surface area contributed by atoms with Crippen molar-refractivity contribution in [3.8, 4) is 0 Å². The van der Waals surface area contributed by atoms with E-state index in [4.69, 9.17) is 12.2 Å². The average molecular weight is 527 g/mol. The Morgan fingerprint density at radius 3 is 2.03 bits per heavy atom. The van der Waals surface area contributed by atoms with Crippen molar-refractivity contribution in [1.82, 2.24) is 15.1 Å². The monoisotopic (exact) mass is 526 g/mol. The van der Waals surface area contributed by atoms with Crippen molar-refractivity contribution in [3.63, 3.8) is 0 Å². The van der Waals surface area contributed by atoms with E-state index in [1.807, 2.05) is 12.1 Å². The van der Waals surface area contributed by atoms with Gasteiger partial charge in [0.2, 0.25) is 0 Å². The maximum atomic E-state index is 13.9. The van der Waals surface area contributed by atoms with E-state index in [0.29, 0.717) is 16.8 Å². The minimum Gasteiger partial charge on any atom is -0.360 e. The highest BCUT2D eigenvalue weighted by molar-refractivity contribution is 9.10. The predicted molar refractivity (Wildman–Crippen MR) is 128 cm³/mol. The van der Waals surface area contributed by atoms with E-state index in [2.05, 4.69) is 21.2 Å². The van der Waals surface area contributed by atoms with Crippen molar-refractivity contribution >= 4 is 62.6 Å². The second-order valence-electron chi connectivity index (χ2n) is 8.45. The third-order valence-corrected chi connectivity index (χ3v) is 7.88. The fourth-order valence-corrected chi connectivity index (χ4v) is 6.13. The smallest absolute Gasteiger partial charge is 0.332 e. The second-order valence-corrected chi connectivity index (χ2v) is 9.77. The van der Waals surface area contributed by atoms with Gasteiger partial charge in [0.1, 0.15) is 4.99 Å². The standard InChI is InChI=1S/C23H19BrN4O4S/c1-26-15-7-5-4-6-14(15)23(20(26)31)16(12-8-10-13(24)11-9-12)22(17(33)25-23)18(29)27(2)21(32)28(3)19(22)30/h4-11,16H,1-3H3,(H,25,33)/t16-,23-/m0/s1. The van der Waals surface area contributed by atoms with Gasteiger partial charge >= 0.3 is 6.03 Å². The number of thiocarbonyl (C=S) groups is 1. The van der Waals surface area contributed by atoms with Crippen LogP contribution >= 0.6 is 28.1 Å². The maximum Gasteiger partial charge on any atom is 0.332 e. The zero-order valence-corrected chi connectivity index (χ0v) is 20.4. The number of anilines is 1. The normalized spacial score (nSPS) is 26.0. The number of hydrogen-bond donors (Lipinski definition) is 1. The molecule has 0 unspecified atom stereocenters. The molecule has 33 heavy (non-hydrogen) atoms. The number of hydrogen-bond acceptors (Lipinski definition) is 5. The number of carbonyl (C=O) groups is 4. The first-order valence-electron chi connectivity index (χ1n) is 10.2. The molecule has 0 aliphatic carbocycles. The van der Waals surface area contributed by atoms with Crippen molar-refractivity contribution in [2.24, 2.45) is 5.41 Å². The summed E-state index contributed by atoms with van der Waals surface area (Å²) >= 11 is 9.10. The largest absolute Gasteiger partial charge is 0.360 e. The van der Waals surface area contributed by atoms with Crippen LogP contribution in [0.3, 0.4) is 0 Å².